The number of nitrogens with zero attached hydrogens (tertiary/aromatic N) is 2. The minimum Gasteiger partial charge on any atom is -0.399 e. The number of non-ortho nitro benzene ring substituents is 1. The van der Waals surface area contributed by atoms with Crippen LogP contribution in [0.1, 0.15) is 30.4 Å². The standard InChI is InChI=1S/C30H27ClN4O5S/c31-22-5-7-28-26(13-22)21(17-41-28)16-34-15-20(12-29(36)33-40-30-3-1-2-8-39-30)25-6-4-18(11-27(25)34)19-9-23(32)14-24(10-19)35(37)38/h4-7,9-11,13-15,17,30H,1-3,8,12,16,32H2,(H,33,36). The SMILES string of the molecule is Nc1cc(-c2ccc3c(CC(=O)NOC4CCCCO4)cn(Cc4csc5ccc(Cl)cc45)c3c2)cc([N+](=O)[O-])c1. The number of nitrogen functional groups attached to an aromatic ring is 1. The number of amides is 1. The average molecular weight is 591 g/mol. The summed E-state index contributed by atoms with van der Waals surface area (Å²) >= 11 is 7.95. The number of hydrogen-bond donors (Lipinski definition) is 2. The van der Waals surface area contributed by atoms with Crippen molar-refractivity contribution in [3.8, 4) is 11.1 Å². The second kappa shape index (κ2) is 11.5. The molecule has 11 heteroatoms. The van der Waals surface area contributed by atoms with E-state index in [0.29, 0.717) is 29.4 Å². The maximum Gasteiger partial charge on any atom is 0.272 e. The topological polar surface area (TPSA) is 122 Å². The number of anilines is 1. The van der Waals surface area contributed by atoms with Gasteiger partial charge in [0.25, 0.3) is 5.69 Å². The monoisotopic (exact) mass is 590 g/mol. The van der Waals surface area contributed by atoms with Crippen LogP contribution in [0.5, 0.6) is 0 Å². The van der Waals surface area contributed by atoms with E-state index in [1.54, 1.807) is 17.4 Å². The minimum absolute atomic E-state index is 0.0728. The number of nitrogens with one attached hydrogen (secondary N) is 1. The molecule has 6 rings (SSSR count). The molecule has 0 bridgehead atoms. The Morgan fingerprint density at radius 2 is 2.00 bits per heavy atom. The highest BCUT2D eigenvalue weighted by Gasteiger charge is 2.19. The molecule has 9 nitrogen and oxygen atoms in total. The van der Waals surface area contributed by atoms with Gasteiger partial charge >= 0.3 is 0 Å². The van der Waals surface area contributed by atoms with Crippen LogP contribution in [0.4, 0.5) is 11.4 Å². The van der Waals surface area contributed by atoms with Gasteiger partial charge in [0.1, 0.15) is 0 Å². The zero-order valence-corrected chi connectivity index (χ0v) is 23.5. The Bertz CT molecular complexity index is 1780. The fourth-order valence-electron chi connectivity index (χ4n) is 5.23. The van der Waals surface area contributed by atoms with E-state index in [2.05, 4.69) is 15.4 Å². The summed E-state index contributed by atoms with van der Waals surface area (Å²) in [6.45, 7) is 1.17. The fraction of sp³-hybridized carbons (Fsp3) is 0.233. The third-order valence-corrected chi connectivity index (χ3v) is 8.45. The summed E-state index contributed by atoms with van der Waals surface area (Å²) in [4.78, 5) is 29.4. The van der Waals surface area contributed by atoms with Crippen molar-refractivity contribution in [3.05, 3.63) is 92.4 Å². The maximum absolute atomic E-state index is 12.9. The Morgan fingerprint density at radius 3 is 2.80 bits per heavy atom. The number of rotatable bonds is 8. The lowest BCUT2D eigenvalue weighted by Crippen LogP contribution is -2.33. The smallest absolute Gasteiger partial charge is 0.272 e. The molecule has 1 fully saturated rings. The molecular formula is C30H27ClN4O5S. The lowest BCUT2D eigenvalue weighted by Gasteiger charge is -2.22. The van der Waals surface area contributed by atoms with E-state index in [9.17, 15) is 14.9 Å². The van der Waals surface area contributed by atoms with Crippen molar-refractivity contribution in [1.29, 1.82) is 0 Å². The fourth-order valence-corrected chi connectivity index (χ4v) is 6.34. The summed E-state index contributed by atoms with van der Waals surface area (Å²) in [7, 11) is 0. The number of benzene rings is 3. The summed E-state index contributed by atoms with van der Waals surface area (Å²) < 4.78 is 8.77. The zero-order chi connectivity index (χ0) is 28.5. The van der Waals surface area contributed by atoms with Crippen LogP contribution in [-0.2, 0) is 27.3 Å². The molecule has 1 aliphatic heterocycles. The van der Waals surface area contributed by atoms with Crippen molar-refractivity contribution < 1.29 is 19.3 Å². The van der Waals surface area contributed by atoms with Crippen LogP contribution in [0.2, 0.25) is 5.02 Å². The van der Waals surface area contributed by atoms with Gasteiger partial charge in [-0.05, 0) is 76.2 Å². The zero-order valence-electron chi connectivity index (χ0n) is 22.0. The van der Waals surface area contributed by atoms with Gasteiger partial charge in [-0.3, -0.25) is 14.9 Å². The van der Waals surface area contributed by atoms with Crippen molar-refractivity contribution >= 4 is 61.2 Å². The van der Waals surface area contributed by atoms with Gasteiger partial charge in [0.05, 0.1) is 11.3 Å². The first-order valence-corrected chi connectivity index (χ1v) is 14.5. The molecule has 1 atom stereocenters. The van der Waals surface area contributed by atoms with Gasteiger partial charge in [0.15, 0.2) is 6.29 Å². The van der Waals surface area contributed by atoms with Crippen LogP contribution in [0.15, 0.2) is 66.2 Å². The molecule has 41 heavy (non-hydrogen) atoms. The molecule has 2 aromatic heterocycles. The third kappa shape index (κ3) is 5.91. The summed E-state index contributed by atoms with van der Waals surface area (Å²) in [5, 5.41) is 16.2. The number of carbonyl (C=O) groups excluding carboxylic acids is 1. The van der Waals surface area contributed by atoms with E-state index >= 15 is 0 Å². The van der Waals surface area contributed by atoms with Crippen molar-refractivity contribution in [3.63, 3.8) is 0 Å². The van der Waals surface area contributed by atoms with Crippen molar-refractivity contribution in [2.45, 2.75) is 38.5 Å². The highest BCUT2D eigenvalue weighted by molar-refractivity contribution is 7.17. The molecule has 5 aromatic rings. The first kappa shape index (κ1) is 27.2. The molecule has 1 amide bonds. The van der Waals surface area contributed by atoms with Crippen LogP contribution >= 0.6 is 22.9 Å². The predicted octanol–water partition coefficient (Wildman–Crippen LogP) is 6.83. The summed E-state index contributed by atoms with van der Waals surface area (Å²) in [6, 6.07) is 16.2. The number of halogens is 1. The summed E-state index contributed by atoms with van der Waals surface area (Å²) in [5.74, 6) is -0.276. The molecule has 1 saturated heterocycles. The highest BCUT2D eigenvalue weighted by atomic mass is 35.5. The van der Waals surface area contributed by atoms with E-state index in [-0.39, 0.29) is 18.0 Å². The molecule has 0 spiro atoms. The Labute approximate surface area is 244 Å². The van der Waals surface area contributed by atoms with Crippen LogP contribution in [0, 0.1) is 10.1 Å². The van der Waals surface area contributed by atoms with Gasteiger partial charge in [-0.2, -0.15) is 0 Å². The number of ether oxygens (including phenoxy) is 1. The van der Waals surface area contributed by atoms with E-state index in [4.69, 9.17) is 26.9 Å². The number of aromatic nitrogens is 1. The highest BCUT2D eigenvalue weighted by Crippen LogP contribution is 2.34. The van der Waals surface area contributed by atoms with Gasteiger partial charge in [0.2, 0.25) is 5.91 Å². The number of nitro groups is 1. The van der Waals surface area contributed by atoms with Crippen LogP contribution in [0.3, 0.4) is 0 Å². The molecule has 0 saturated carbocycles. The first-order chi connectivity index (χ1) is 19.8. The minimum atomic E-state index is -0.453. The lowest BCUT2D eigenvalue weighted by atomic mass is 10.0. The van der Waals surface area contributed by atoms with Gasteiger partial charge in [-0.25, -0.2) is 10.3 Å². The van der Waals surface area contributed by atoms with E-state index in [0.717, 1.165) is 56.9 Å². The molecule has 1 unspecified atom stereocenters. The maximum atomic E-state index is 12.9. The van der Waals surface area contributed by atoms with E-state index in [1.165, 1.54) is 12.1 Å². The van der Waals surface area contributed by atoms with Crippen LogP contribution in [0.25, 0.3) is 32.1 Å². The van der Waals surface area contributed by atoms with E-state index in [1.807, 2.05) is 42.6 Å². The van der Waals surface area contributed by atoms with Crippen molar-refractivity contribution in [2.24, 2.45) is 0 Å². The lowest BCUT2D eigenvalue weighted by molar-refractivity contribution is -0.384. The largest absolute Gasteiger partial charge is 0.399 e. The Balaban J connectivity index is 1.36. The van der Waals surface area contributed by atoms with Gasteiger partial charge < -0.3 is 15.0 Å². The Kier molecular flexibility index (Phi) is 7.63. The quantitative estimate of drug-likeness (QED) is 0.116. The molecular weight excluding hydrogens is 564 g/mol. The molecule has 3 aromatic carbocycles. The summed E-state index contributed by atoms with van der Waals surface area (Å²) in [5.41, 5.74) is 13.0. The predicted molar refractivity (Wildman–Crippen MR) is 161 cm³/mol. The molecule has 0 radical (unpaired) electrons. The molecule has 1 aliphatic rings. The summed E-state index contributed by atoms with van der Waals surface area (Å²) in [6.07, 6.45) is 4.37. The number of fused-ring (bicyclic) bond motifs is 2. The van der Waals surface area contributed by atoms with Crippen LogP contribution in [-0.4, -0.2) is 28.3 Å². The van der Waals surface area contributed by atoms with Crippen molar-refractivity contribution in [1.82, 2.24) is 10.0 Å². The van der Waals surface area contributed by atoms with Crippen LogP contribution < -0.4 is 11.2 Å². The average Bonchev–Trinajstić information content (AvgIpc) is 3.52. The number of hydrogen-bond acceptors (Lipinski definition) is 7. The Morgan fingerprint density at radius 1 is 1.12 bits per heavy atom. The van der Waals surface area contributed by atoms with E-state index < -0.39 is 11.2 Å². The van der Waals surface area contributed by atoms with Gasteiger partial charge in [0, 0.05) is 64.2 Å². The number of carbonyl (C=O) groups is 1. The first-order valence-electron chi connectivity index (χ1n) is 13.2. The Hall–Kier alpha value is -3.96. The second-order valence-electron chi connectivity index (χ2n) is 10.1. The number of hydroxylamine groups is 1. The van der Waals surface area contributed by atoms with Gasteiger partial charge in [-0.15, -0.1) is 11.3 Å². The number of nitrogens with two attached hydrogens (primary N) is 1. The van der Waals surface area contributed by atoms with Crippen molar-refractivity contribution in [2.75, 3.05) is 12.3 Å². The van der Waals surface area contributed by atoms with Gasteiger partial charge in [-0.1, -0.05) is 23.7 Å². The molecule has 3 N–H and O–H groups in total. The number of nitro benzene ring substituents is 1. The molecule has 3 heterocycles. The number of thiophene rings is 1. The second-order valence-corrected chi connectivity index (χ2v) is 11.4. The normalized spacial score (nSPS) is 15.4. The third-order valence-electron chi connectivity index (χ3n) is 7.20. The molecule has 210 valence electrons. The molecule has 0 aliphatic carbocycles.